The van der Waals surface area contributed by atoms with Gasteiger partial charge in [-0.3, -0.25) is 4.79 Å². The maximum absolute atomic E-state index is 12.4. The number of carbonyl (C=O) groups excluding carboxylic acids is 1. The van der Waals surface area contributed by atoms with Crippen LogP contribution in [0.1, 0.15) is 39.5 Å². The Morgan fingerprint density at radius 1 is 1.11 bits per heavy atom. The molecule has 9 heteroatoms. The van der Waals surface area contributed by atoms with Crippen LogP contribution < -0.4 is 14.2 Å². The number of carbonyl (C=O) groups is 1. The topological polar surface area (TPSA) is 100 Å². The van der Waals surface area contributed by atoms with Gasteiger partial charge in [-0.1, -0.05) is 6.42 Å². The van der Waals surface area contributed by atoms with Crippen LogP contribution in [0.2, 0.25) is 0 Å². The molecule has 0 spiro atoms. The van der Waals surface area contributed by atoms with E-state index in [1.165, 1.54) is 12.1 Å². The Labute approximate surface area is 166 Å². The van der Waals surface area contributed by atoms with Crippen molar-refractivity contribution in [2.45, 2.75) is 50.5 Å². The predicted molar refractivity (Wildman–Crippen MR) is 103 cm³/mol. The van der Waals surface area contributed by atoms with Gasteiger partial charge in [0.25, 0.3) is 0 Å². The molecule has 1 N–H and O–H groups in total. The third-order valence-corrected chi connectivity index (χ3v) is 5.43. The summed E-state index contributed by atoms with van der Waals surface area (Å²) < 4.78 is 48.4. The zero-order valence-corrected chi connectivity index (χ0v) is 17.3. The van der Waals surface area contributed by atoms with Gasteiger partial charge < -0.3 is 18.9 Å². The zero-order valence-electron chi connectivity index (χ0n) is 16.4. The highest BCUT2D eigenvalue weighted by molar-refractivity contribution is 7.89. The molecule has 0 saturated carbocycles. The van der Waals surface area contributed by atoms with Crippen molar-refractivity contribution in [3.05, 3.63) is 18.2 Å². The van der Waals surface area contributed by atoms with E-state index in [-0.39, 0.29) is 23.6 Å². The summed E-state index contributed by atoms with van der Waals surface area (Å²) in [6.45, 7) is 5.65. The first-order chi connectivity index (χ1) is 13.4. The molecule has 8 nitrogen and oxygen atoms in total. The van der Waals surface area contributed by atoms with Crippen molar-refractivity contribution in [2.75, 3.05) is 33.0 Å². The molecule has 0 radical (unpaired) electrons. The van der Waals surface area contributed by atoms with Gasteiger partial charge >= 0.3 is 5.97 Å². The molecule has 0 unspecified atom stereocenters. The second-order valence-corrected chi connectivity index (χ2v) is 8.42. The average molecular weight is 416 g/mol. The maximum Gasteiger partial charge on any atom is 0.305 e. The van der Waals surface area contributed by atoms with Crippen molar-refractivity contribution < 1.29 is 32.2 Å². The van der Waals surface area contributed by atoms with Crippen LogP contribution in [-0.4, -0.2) is 53.5 Å². The van der Waals surface area contributed by atoms with Crippen molar-refractivity contribution in [1.82, 2.24) is 4.72 Å². The average Bonchev–Trinajstić information content (AvgIpc) is 2.67. The highest BCUT2D eigenvalue weighted by atomic mass is 32.2. The highest BCUT2D eigenvalue weighted by Crippen LogP contribution is 2.32. The summed E-state index contributed by atoms with van der Waals surface area (Å²) in [5, 5.41) is 0. The standard InChI is InChI=1S/C19H29NO7S/c1-15(2)24-10-13-27-19(21)6-4-3-5-9-20-28(22,23)16-7-8-17-18(14-16)26-12-11-25-17/h7-8,14-15,20H,3-6,9-13H2,1-2H3. The van der Waals surface area contributed by atoms with Crippen molar-refractivity contribution in [3.8, 4) is 11.5 Å². The summed E-state index contributed by atoms with van der Waals surface area (Å²) in [4.78, 5) is 11.7. The second-order valence-electron chi connectivity index (χ2n) is 6.65. The van der Waals surface area contributed by atoms with Gasteiger partial charge in [0, 0.05) is 19.0 Å². The predicted octanol–water partition coefficient (Wildman–Crippen LogP) is 2.26. The Morgan fingerprint density at radius 3 is 2.61 bits per heavy atom. The van der Waals surface area contributed by atoms with E-state index in [2.05, 4.69) is 4.72 Å². The Morgan fingerprint density at radius 2 is 1.86 bits per heavy atom. The molecule has 0 fully saturated rings. The number of nitrogens with one attached hydrogen (secondary N) is 1. The fourth-order valence-corrected chi connectivity index (χ4v) is 3.65. The van der Waals surface area contributed by atoms with Crippen LogP contribution in [0.5, 0.6) is 11.5 Å². The molecule has 158 valence electrons. The van der Waals surface area contributed by atoms with Gasteiger partial charge in [0.05, 0.1) is 17.6 Å². The fourth-order valence-electron chi connectivity index (χ4n) is 2.56. The third kappa shape index (κ3) is 7.65. The molecule has 0 saturated heterocycles. The molecule has 0 aliphatic carbocycles. The number of rotatable bonds is 12. The lowest BCUT2D eigenvalue weighted by molar-refractivity contribution is -0.145. The summed E-state index contributed by atoms with van der Waals surface area (Å²) >= 11 is 0. The Balaban J connectivity index is 1.62. The van der Waals surface area contributed by atoms with Gasteiger partial charge in [-0.25, -0.2) is 13.1 Å². The summed E-state index contributed by atoms with van der Waals surface area (Å²) in [6.07, 6.45) is 2.44. The first kappa shape index (κ1) is 22.4. The number of unbranched alkanes of at least 4 members (excludes halogenated alkanes) is 2. The highest BCUT2D eigenvalue weighted by Gasteiger charge is 2.18. The number of fused-ring (bicyclic) bond motifs is 1. The second kappa shape index (κ2) is 11.2. The number of hydrogen-bond acceptors (Lipinski definition) is 7. The lowest BCUT2D eigenvalue weighted by Crippen LogP contribution is -2.25. The first-order valence-electron chi connectivity index (χ1n) is 9.55. The zero-order chi connectivity index (χ0) is 20.4. The van der Waals surface area contributed by atoms with E-state index in [1.807, 2.05) is 13.8 Å². The van der Waals surface area contributed by atoms with Crippen LogP contribution in [0.15, 0.2) is 23.1 Å². The van der Waals surface area contributed by atoms with E-state index in [0.717, 1.165) is 6.42 Å². The van der Waals surface area contributed by atoms with Crippen LogP contribution in [0, 0.1) is 0 Å². The summed E-state index contributed by atoms with van der Waals surface area (Å²) in [7, 11) is -3.61. The molecule has 2 rings (SSSR count). The lowest BCUT2D eigenvalue weighted by atomic mass is 10.2. The molecule has 0 aromatic heterocycles. The minimum Gasteiger partial charge on any atom is -0.486 e. The van der Waals surface area contributed by atoms with E-state index in [1.54, 1.807) is 6.07 Å². The van der Waals surface area contributed by atoms with Crippen molar-refractivity contribution in [2.24, 2.45) is 0 Å². The normalized spacial score (nSPS) is 13.5. The van der Waals surface area contributed by atoms with Gasteiger partial charge in [0.2, 0.25) is 10.0 Å². The smallest absolute Gasteiger partial charge is 0.305 e. The molecular weight excluding hydrogens is 386 g/mol. The Bertz CT molecular complexity index is 734. The quantitative estimate of drug-likeness (QED) is 0.413. The van der Waals surface area contributed by atoms with E-state index in [4.69, 9.17) is 18.9 Å². The fraction of sp³-hybridized carbons (Fsp3) is 0.632. The van der Waals surface area contributed by atoms with Crippen molar-refractivity contribution in [1.29, 1.82) is 0 Å². The number of hydrogen-bond donors (Lipinski definition) is 1. The van der Waals surface area contributed by atoms with E-state index >= 15 is 0 Å². The SMILES string of the molecule is CC(C)OCCOC(=O)CCCCCNS(=O)(=O)c1ccc2c(c1)OCCO2. The van der Waals surface area contributed by atoms with Crippen LogP contribution in [-0.2, 0) is 24.3 Å². The molecule has 1 aliphatic heterocycles. The minimum atomic E-state index is -3.61. The maximum atomic E-state index is 12.4. The lowest BCUT2D eigenvalue weighted by Gasteiger charge is -2.18. The van der Waals surface area contributed by atoms with E-state index < -0.39 is 10.0 Å². The number of esters is 1. The minimum absolute atomic E-state index is 0.115. The summed E-state index contributed by atoms with van der Waals surface area (Å²) in [5.41, 5.74) is 0. The van der Waals surface area contributed by atoms with Crippen LogP contribution >= 0.6 is 0 Å². The van der Waals surface area contributed by atoms with Gasteiger partial charge in [-0.05, 0) is 38.8 Å². The third-order valence-electron chi connectivity index (χ3n) is 3.97. The van der Waals surface area contributed by atoms with Crippen molar-refractivity contribution >= 4 is 16.0 Å². The van der Waals surface area contributed by atoms with Crippen LogP contribution in [0.25, 0.3) is 0 Å². The van der Waals surface area contributed by atoms with Crippen LogP contribution in [0.3, 0.4) is 0 Å². The van der Waals surface area contributed by atoms with Gasteiger partial charge in [0.1, 0.15) is 19.8 Å². The molecule has 28 heavy (non-hydrogen) atoms. The molecular formula is C19H29NO7S. The Kier molecular flexibility index (Phi) is 9.01. The van der Waals surface area contributed by atoms with Gasteiger partial charge in [0.15, 0.2) is 11.5 Å². The van der Waals surface area contributed by atoms with Crippen LogP contribution in [0.4, 0.5) is 0 Å². The van der Waals surface area contributed by atoms with E-state index in [0.29, 0.717) is 57.1 Å². The van der Waals surface area contributed by atoms with Gasteiger partial charge in [-0.2, -0.15) is 0 Å². The first-order valence-corrected chi connectivity index (χ1v) is 11.0. The molecule has 1 aliphatic rings. The molecule has 0 bridgehead atoms. The van der Waals surface area contributed by atoms with Crippen molar-refractivity contribution in [3.63, 3.8) is 0 Å². The molecule has 1 aromatic carbocycles. The number of ether oxygens (including phenoxy) is 4. The number of sulfonamides is 1. The summed E-state index contributed by atoms with van der Waals surface area (Å²) in [6, 6.07) is 4.56. The summed E-state index contributed by atoms with van der Waals surface area (Å²) in [5.74, 6) is 0.725. The van der Waals surface area contributed by atoms with Gasteiger partial charge in [-0.15, -0.1) is 0 Å². The molecule has 0 amide bonds. The monoisotopic (exact) mass is 415 g/mol. The molecule has 1 aromatic rings. The largest absolute Gasteiger partial charge is 0.486 e. The number of benzene rings is 1. The van der Waals surface area contributed by atoms with E-state index in [9.17, 15) is 13.2 Å². The Hall–Kier alpha value is -1.84. The molecule has 0 atom stereocenters. The molecule has 1 heterocycles.